The molecule has 2 aromatic rings. The summed E-state index contributed by atoms with van der Waals surface area (Å²) in [6.07, 6.45) is 3.03. The number of nitrogens with one attached hydrogen (secondary N) is 2. The van der Waals surface area contributed by atoms with Gasteiger partial charge < -0.3 is 10.6 Å². The van der Waals surface area contributed by atoms with Gasteiger partial charge in [0, 0.05) is 11.9 Å². The van der Waals surface area contributed by atoms with Crippen LogP contribution in [0.3, 0.4) is 0 Å². The molecule has 2 rings (SSSR count). The van der Waals surface area contributed by atoms with Crippen LogP contribution in [0.5, 0.6) is 0 Å². The Morgan fingerprint density at radius 1 is 1.30 bits per heavy atom. The normalized spacial score (nSPS) is 12.2. The van der Waals surface area contributed by atoms with Crippen molar-refractivity contribution in [2.24, 2.45) is 5.92 Å². The van der Waals surface area contributed by atoms with Crippen molar-refractivity contribution in [3.8, 4) is 0 Å². The van der Waals surface area contributed by atoms with Crippen LogP contribution < -0.4 is 10.6 Å². The first-order valence-electron chi connectivity index (χ1n) is 6.46. The smallest absolute Gasteiger partial charge is 0.272 e. The van der Waals surface area contributed by atoms with E-state index >= 15 is 0 Å². The molecule has 1 unspecified atom stereocenters. The summed E-state index contributed by atoms with van der Waals surface area (Å²) in [6, 6.07) is 4.02. The summed E-state index contributed by atoms with van der Waals surface area (Å²) >= 11 is 1.64. The van der Waals surface area contributed by atoms with Gasteiger partial charge in [-0.3, -0.25) is 4.79 Å². The molecule has 2 heterocycles. The van der Waals surface area contributed by atoms with Crippen molar-refractivity contribution < 1.29 is 4.79 Å². The van der Waals surface area contributed by atoms with Crippen LogP contribution in [-0.2, 0) is 0 Å². The molecule has 106 valence electrons. The van der Waals surface area contributed by atoms with Crippen LogP contribution in [0.1, 0.15) is 35.3 Å². The predicted molar refractivity (Wildman–Crippen MR) is 80.9 cm³/mol. The first-order valence-corrected chi connectivity index (χ1v) is 7.34. The minimum Gasteiger partial charge on any atom is -0.372 e. The summed E-state index contributed by atoms with van der Waals surface area (Å²) in [5.74, 6) is 0.745. The van der Waals surface area contributed by atoms with Crippen LogP contribution in [0.15, 0.2) is 29.9 Å². The Morgan fingerprint density at radius 2 is 2.10 bits per heavy atom. The fourth-order valence-electron chi connectivity index (χ4n) is 1.82. The number of carbonyl (C=O) groups excluding carboxylic acids is 1. The molecule has 0 aliphatic heterocycles. The van der Waals surface area contributed by atoms with Gasteiger partial charge in [0.1, 0.15) is 11.5 Å². The van der Waals surface area contributed by atoms with Crippen molar-refractivity contribution >= 4 is 23.1 Å². The van der Waals surface area contributed by atoms with Gasteiger partial charge in [-0.05, 0) is 17.4 Å². The number of anilines is 1. The molecular formula is C14H18N4OS. The van der Waals surface area contributed by atoms with Gasteiger partial charge in [-0.25, -0.2) is 9.97 Å². The van der Waals surface area contributed by atoms with E-state index in [9.17, 15) is 4.79 Å². The van der Waals surface area contributed by atoms with Crippen LogP contribution >= 0.6 is 11.3 Å². The molecule has 0 aromatic carbocycles. The third-order valence-corrected chi connectivity index (χ3v) is 3.90. The molecular weight excluding hydrogens is 272 g/mol. The molecule has 0 fully saturated rings. The van der Waals surface area contributed by atoms with Gasteiger partial charge in [0.15, 0.2) is 0 Å². The molecule has 0 aliphatic carbocycles. The zero-order valence-corrected chi connectivity index (χ0v) is 12.6. The standard InChI is InChI=1S/C14H18N4OS/c1-9(2)13(11-5-4-6-20-11)18-14(19)10-7-17-12(15-3)8-16-10/h4-9,13H,1-3H3,(H,15,17)(H,18,19). The summed E-state index contributed by atoms with van der Waals surface area (Å²) in [5, 5.41) is 7.90. The average molecular weight is 290 g/mol. The third kappa shape index (κ3) is 3.33. The molecule has 6 heteroatoms. The number of thiophene rings is 1. The van der Waals surface area contributed by atoms with E-state index in [0.29, 0.717) is 17.4 Å². The van der Waals surface area contributed by atoms with Gasteiger partial charge in [-0.1, -0.05) is 19.9 Å². The van der Waals surface area contributed by atoms with E-state index in [-0.39, 0.29) is 11.9 Å². The highest BCUT2D eigenvalue weighted by Crippen LogP contribution is 2.25. The van der Waals surface area contributed by atoms with E-state index in [0.717, 1.165) is 4.88 Å². The number of hydrogen-bond donors (Lipinski definition) is 2. The molecule has 0 radical (unpaired) electrons. The number of hydrogen-bond acceptors (Lipinski definition) is 5. The van der Waals surface area contributed by atoms with Crippen molar-refractivity contribution in [3.63, 3.8) is 0 Å². The third-order valence-electron chi connectivity index (χ3n) is 2.94. The van der Waals surface area contributed by atoms with Crippen molar-refractivity contribution in [1.82, 2.24) is 15.3 Å². The summed E-state index contributed by atoms with van der Waals surface area (Å²) < 4.78 is 0. The summed E-state index contributed by atoms with van der Waals surface area (Å²) in [7, 11) is 1.76. The molecule has 0 aliphatic rings. The molecule has 0 saturated heterocycles. The SMILES string of the molecule is CNc1cnc(C(=O)NC(c2cccs2)C(C)C)cn1. The monoisotopic (exact) mass is 290 g/mol. The van der Waals surface area contributed by atoms with E-state index < -0.39 is 0 Å². The van der Waals surface area contributed by atoms with Gasteiger partial charge in [0.05, 0.1) is 18.4 Å². The maximum atomic E-state index is 12.2. The molecule has 5 nitrogen and oxygen atoms in total. The van der Waals surface area contributed by atoms with Gasteiger partial charge in [-0.2, -0.15) is 0 Å². The van der Waals surface area contributed by atoms with Crippen molar-refractivity contribution in [1.29, 1.82) is 0 Å². The zero-order chi connectivity index (χ0) is 14.5. The molecule has 0 spiro atoms. The largest absolute Gasteiger partial charge is 0.372 e. The molecule has 2 N–H and O–H groups in total. The predicted octanol–water partition coefficient (Wildman–Crippen LogP) is 2.71. The van der Waals surface area contributed by atoms with Crippen LogP contribution in [0.4, 0.5) is 5.82 Å². The van der Waals surface area contributed by atoms with Crippen LogP contribution in [-0.4, -0.2) is 22.9 Å². The molecule has 20 heavy (non-hydrogen) atoms. The molecule has 1 atom stereocenters. The lowest BCUT2D eigenvalue weighted by Crippen LogP contribution is -2.31. The number of aromatic nitrogens is 2. The average Bonchev–Trinajstić information content (AvgIpc) is 2.98. The Kier molecular flexibility index (Phi) is 4.68. The van der Waals surface area contributed by atoms with Crippen LogP contribution in [0, 0.1) is 5.92 Å². The second-order valence-corrected chi connectivity index (χ2v) is 5.73. The zero-order valence-electron chi connectivity index (χ0n) is 11.8. The Bertz CT molecular complexity index is 551. The van der Waals surface area contributed by atoms with Crippen molar-refractivity contribution in [2.45, 2.75) is 19.9 Å². The summed E-state index contributed by atoms with van der Waals surface area (Å²) in [4.78, 5) is 21.6. The number of rotatable bonds is 5. The van der Waals surface area contributed by atoms with Gasteiger partial charge in [-0.15, -0.1) is 11.3 Å². The Labute approximate surface area is 122 Å². The Hall–Kier alpha value is -1.95. The van der Waals surface area contributed by atoms with E-state index in [1.54, 1.807) is 24.6 Å². The fraction of sp³-hybridized carbons (Fsp3) is 0.357. The quantitative estimate of drug-likeness (QED) is 0.888. The second-order valence-electron chi connectivity index (χ2n) is 4.75. The van der Waals surface area contributed by atoms with Crippen molar-refractivity contribution in [3.05, 3.63) is 40.5 Å². The van der Waals surface area contributed by atoms with E-state index in [1.165, 1.54) is 6.20 Å². The highest BCUT2D eigenvalue weighted by atomic mass is 32.1. The van der Waals surface area contributed by atoms with Gasteiger partial charge in [0.25, 0.3) is 5.91 Å². The van der Waals surface area contributed by atoms with Crippen LogP contribution in [0.2, 0.25) is 0 Å². The summed E-state index contributed by atoms with van der Waals surface area (Å²) in [5.41, 5.74) is 0.325. The van der Waals surface area contributed by atoms with Crippen molar-refractivity contribution in [2.75, 3.05) is 12.4 Å². The number of amides is 1. The molecule has 1 amide bonds. The first kappa shape index (κ1) is 14.5. The van der Waals surface area contributed by atoms with E-state index in [1.807, 2.05) is 17.5 Å². The van der Waals surface area contributed by atoms with Crippen LogP contribution in [0.25, 0.3) is 0 Å². The minimum atomic E-state index is -0.202. The highest BCUT2D eigenvalue weighted by molar-refractivity contribution is 7.10. The first-order chi connectivity index (χ1) is 9.61. The lowest BCUT2D eigenvalue weighted by atomic mass is 10.0. The maximum absolute atomic E-state index is 12.2. The Morgan fingerprint density at radius 3 is 2.60 bits per heavy atom. The second kappa shape index (κ2) is 6.47. The molecule has 2 aromatic heterocycles. The maximum Gasteiger partial charge on any atom is 0.272 e. The molecule has 0 saturated carbocycles. The number of carbonyl (C=O) groups is 1. The molecule has 0 bridgehead atoms. The van der Waals surface area contributed by atoms with E-state index in [2.05, 4.69) is 34.4 Å². The fourth-order valence-corrected chi connectivity index (χ4v) is 2.77. The number of nitrogens with zero attached hydrogens (tertiary/aromatic N) is 2. The summed E-state index contributed by atoms with van der Waals surface area (Å²) in [6.45, 7) is 4.17. The van der Waals surface area contributed by atoms with E-state index in [4.69, 9.17) is 0 Å². The lowest BCUT2D eigenvalue weighted by Gasteiger charge is -2.20. The topological polar surface area (TPSA) is 66.9 Å². The van der Waals surface area contributed by atoms with Gasteiger partial charge in [0.2, 0.25) is 0 Å². The highest BCUT2D eigenvalue weighted by Gasteiger charge is 2.20. The van der Waals surface area contributed by atoms with Gasteiger partial charge >= 0.3 is 0 Å². The Balaban J connectivity index is 2.12. The lowest BCUT2D eigenvalue weighted by molar-refractivity contribution is 0.0921. The minimum absolute atomic E-state index is 0.00623.